The highest BCUT2D eigenvalue weighted by atomic mass is 79.9. The Bertz CT molecular complexity index is 358. The molecule has 4 heteroatoms. The van der Waals surface area contributed by atoms with Crippen LogP contribution in [-0.2, 0) is 0 Å². The quantitative estimate of drug-likeness (QED) is 0.886. The summed E-state index contributed by atoms with van der Waals surface area (Å²) in [5.41, 5.74) is 0.856. The predicted molar refractivity (Wildman–Crippen MR) is 68.0 cm³/mol. The number of rotatable bonds is 2. The number of thioether (sulfide) groups is 1. The minimum absolute atomic E-state index is 0.195. The maximum Gasteiger partial charge on any atom is 0.125 e. The lowest BCUT2D eigenvalue weighted by molar-refractivity contribution is 0.627. The van der Waals surface area contributed by atoms with Crippen LogP contribution in [0.5, 0.6) is 0 Å². The van der Waals surface area contributed by atoms with Crippen LogP contribution in [0.15, 0.2) is 22.7 Å². The molecule has 1 aliphatic rings. The van der Waals surface area contributed by atoms with Gasteiger partial charge in [-0.15, -0.1) is 0 Å². The lowest BCUT2D eigenvalue weighted by Crippen LogP contribution is -2.19. The summed E-state index contributed by atoms with van der Waals surface area (Å²) in [5.74, 6) is 0.906. The zero-order valence-corrected chi connectivity index (χ0v) is 10.9. The number of halogens is 2. The first-order chi connectivity index (χ1) is 7.15. The highest BCUT2D eigenvalue weighted by Crippen LogP contribution is 2.31. The third-order valence-electron chi connectivity index (χ3n) is 2.49. The SMILES string of the molecule is CC1CC(Nc2cc(F)ccc2Br)CS1. The number of hydrogen-bond donors (Lipinski definition) is 1. The van der Waals surface area contributed by atoms with Gasteiger partial charge < -0.3 is 5.32 Å². The molecular formula is C11H13BrFNS. The van der Waals surface area contributed by atoms with E-state index in [2.05, 4.69) is 28.2 Å². The van der Waals surface area contributed by atoms with E-state index in [1.165, 1.54) is 12.1 Å². The summed E-state index contributed by atoms with van der Waals surface area (Å²) in [4.78, 5) is 0. The lowest BCUT2D eigenvalue weighted by Gasteiger charge is -2.14. The number of nitrogens with one attached hydrogen (secondary N) is 1. The summed E-state index contributed by atoms with van der Waals surface area (Å²) in [6.07, 6.45) is 1.15. The van der Waals surface area contributed by atoms with E-state index < -0.39 is 0 Å². The van der Waals surface area contributed by atoms with Crippen molar-refractivity contribution in [3.8, 4) is 0 Å². The minimum Gasteiger partial charge on any atom is -0.380 e. The van der Waals surface area contributed by atoms with Crippen molar-refractivity contribution < 1.29 is 4.39 Å². The molecule has 15 heavy (non-hydrogen) atoms. The Balaban J connectivity index is 2.07. The monoisotopic (exact) mass is 289 g/mol. The van der Waals surface area contributed by atoms with Gasteiger partial charge in [0.05, 0.1) is 5.69 Å². The van der Waals surface area contributed by atoms with Crippen molar-refractivity contribution in [1.82, 2.24) is 0 Å². The van der Waals surface area contributed by atoms with E-state index in [-0.39, 0.29) is 5.82 Å². The first-order valence-corrected chi connectivity index (χ1v) is 6.82. The fourth-order valence-corrected chi connectivity index (χ4v) is 3.26. The number of anilines is 1. The van der Waals surface area contributed by atoms with E-state index in [9.17, 15) is 4.39 Å². The second-order valence-electron chi connectivity index (χ2n) is 3.85. The molecule has 0 spiro atoms. The fraction of sp³-hybridized carbons (Fsp3) is 0.455. The van der Waals surface area contributed by atoms with Crippen LogP contribution in [0, 0.1) is 5.82 Å². The lowest BCUT2D eigenvalue weighted by atomic mass is 10.2. The zero-order chi connectivity index (χ0) is 10.8. The van der Waals surface area contributed by atoms with Crippen molar-refractivity contribution in [3.63, 3.8) is 0 Å². The van der Waals surface area contributed by atoms with Gasteiger partial charge in [0.25, 0.3) is 0 Å². The van der Waals surface area contributed by atoms with Gasteiger partial charge in [-0.3, -0.25) is 0 Å². The van der Waals surface area contributed by atoms with Crippen LogP contribution < -0.4 is 5.32 Å². The molecule has 1 N–H and O–H groups in total. The van der Waals surface area contributed by atoms with Crippen LogP contribution >= 0.6 is 27.7 Å². The standard InChI is InChI=1S/C11H13BrFNS/c1-7-4-9(6-15-7)14-11-5-8(13)2-3-10(11)12/h2-3,5,7,9,14H,4,6H2,1H3. The number of benzene rings is 1. The molecule has 2 atom stereocenters. The van der Waals surface area contributed by atoms with Gasteiger partial charge in [0.1, 0.15) is 5.82 Å². The predicted octanol–water partition coefficient (Wildman–Crippen LogP) is 3.89. The molecule has 2 rings (SSSR count). The topological polar surface area (TPSA) is 12.0 Å². The molecule has 1 nitrogen and oxygen atoms in total. The Morgan fingerprint density at radius 3 is 3.00 bits per heavy atom. The average Bonchev–Trinajstić information content (AvgIpc) is 2.58. The highest BCUT2D eigenvalue weighted by molar-refractivity contribution is 9.10. The molecule has 0 bridgehead atoms. The van der Waals surface area contributed by atoms with Gasteiger partial charge in [0.15, 0.2) is 0 Å². The van der Waals surface area contributed by atoms with Gasteiger partial charge >= 0.3 is 0 Å². The molecule has 82 valence electrons. The summed E-state index contributed by atoms with van der Waals surface area (Å²) < 4.78 is 14.0. The zero-order valence-electron chi connectivity index (χ0n) is 8.47. The molecule has 1 fully saturated rings. The first kappa shape index (κ1) is 11.3. The molecule has 1 saturated heterocycles. The van der Waals surface area contributed by atoms with E-state index >= 15 is 0 Å². The Labute approximate surface area is 102 Å². The molecule has 0 radical (unpaired) electrons. The Hall–Kier alpha value is -0.220. The maximum atomic E-state index is 13.0. The summed E-state index contributed by atoms with van der Waals surface area (Å²) in [6, 6.07) is 5.20. The van der Waals surface area contributed by atoms with Crippen molar-refractivity contribution in [2.75, 3.05) is 11.1 Å². The van der Waals surface area contributed by atoms with Gasteiger partial charge in [-0.05, 0) is 40.5 Å². The Morgan fingerprint density at radius 1 is 1.53 bits per heavy atom. The van der Waals surface area contributed by atoms with E-state index in [0.717, 1.165) is 22.3 Å². The van der Waals surface area contributed by atoms with E-state index in [0.29, 0.717) is 11.3 Å². The van der Waals surface area contributed by atoms with Gasteiger partial charge in [-0.2, -0.15) is 11.8 Å². The molecular weight excluding hydrogens is 277 g/mol. The smallest absolute Gasteiger partial charge is 0.125 e. The second kappa shape index (κ2) is 4.74. The van der Waals surface area contributed by atoms with Crippen molar-refractivity contribution >= 4 is 33.4 Å². The van der Waals surface area contributed by atoms with Crippen LogP contribution in [0.1, 0.15) is 13.3 Å². The summed E-state index contributed by atoms with van der Waals surface area (Å²) in [7, 11) is 0. The van der Waals surface area contributed by atoms with Crippen molar-refractivity contribution in [3.05, 3.63) is 28.5 Å². The van der Waals surface area contributed by atoms with Crippen LogP contribution in [-0.4, -0.2) is 17.0 Å². The fourth-order valence-electron chi connectivity index (χ4n) is 1.75. The minimum atomic E-state index is -0.195. The van der Waals surface area contributed by atoms with Crippen molar-refractivity contribution in [1.29, 1.82) is 0 Å². The summed E-state index contributed by atoms with van der Waals surface area (Å²) >= 11 is 5.38. The van der Waals surface area contributed by atoms with Gasteiger partial charge in [-0.1, -0.05) is 6.92 Å². The van der Waals surface area contributed by atoms with Gasteiger partial charge in [-0.25, -0.2) is 4.39 Å². The molecule has 0 aliphatic carbocycles. The third-order valence-corrected chi connectivity index (χ3v) is 4.53. The van der Waals surface area contributed by atoms with Crippen LogP contribution in [0.3, 0.4) is 0 Å². The third kappa shape index (κ3) is 2.88. The van der Waals surface area contributed by atoms with Crippen molar-refractivity contribution in [2.45, 2.75) is 24.6 Å². The van der Waals surface area contributed by atoms with Crippen LogP contribution in [0.4, 0.5) is 10.1 Å². The normalized spacial score (nSPS) is 25.5. The maximum absolute atomic E-state index is 13.0. The van der Waals surface area contributed by atoms with E-state index in [4.69, 9.17) is 0 Å². The molecule has 0 saturated carbocycles. The molecule has 1 aromatic carbocycles. The van der Waals surface area contributed by atoms with Crippen LogP contribution in [0.25, 0.3) is 0 Å². The average molecular weight is 290 g/mol. The summed E-state index contributed by atoms with van der Waals surface area (Å²) in [6.45, 7) is 2.23. The Morgan fingerprint density at radius 2 is 2.33 bits per heavy atom. The largest absolute Gasteiger partial charge is 0.380 e. The highest BCUT2D eigenvalue weighted by Gasteiger charge is 2.22. The molecule has 0 aromatic heterocycles. The first-order valence-electron chi connectivity index (χ1n) is 4.98. The van der Waals surface area contributed by atoms with Crippen LogP contribution in [0.2, 0.25) is 0 Å². The second-order valence-corrected chi connectivity index (χ2v) is 6.17. The van der Waals surface area contributed by atoms with E-state index in [1.54, 1.807) is 6.07 Å². The van der Waals surface area contributed by atoms with E-state index in [1.807, 2.05) is 11.8 Å². The van der Waals surface area contributed by atoms with Gasteiger partial charge in [0, 0.05) is 21.5 Å². The molecule has 0 amide bonds. The molecule has 1 aliphatic heterocycles. The van der Waals surface area contributed by atoms with Gasteiger partial charge in [0.2, 0.25) is 0 Å². The number of hydrogen-bond acceptors (Lipinski definition) is 2. The van der Waals surface area contributed by atoms with Crippen molar-refractivity contribution in [2.24, 2.45) is 0 Å². The summed E-state index contributed by atoms with van der Waals surface area (Å²) in [5, 5.41) is 4.08. The molecule has 1 aromatic rings. The molecule has 2 unspecified atom stereocenters. The Kier molecular flexibility index (Phi) is 3.57. The molecule has 1 heterocycles.